The first-order valence-electron chi connectivity index (χ1n) is 8.67. The minimum absolute atomic E-state index is 0.430. The van der Waals surface area contributed by atoms with E-state index in [0.29, 0.717) is 21.2 Å². The van der Waals surface area contributed by atoms with E-state index in [2.05, 4.69) is 5.32 Å². The number of benzene rings is 2. The lowest BCUT2D eigenvalue weighted by molar-refractivity contribution is -0.605. The van der Waals surface area contributed by atoms with Crippen LogP contribution >= 0.6 is 23.2 Å². The van der Waals surface area contributed by atoms with Gasteiger partial charge in [0.1, 0.15) is 17.5 Å². The molecule has 2 aromatic rings. The minimum Gasteiger partial charge on any atom is -0.291 e. The summed E-state index contributed by atoms with van der Waals surface area (Å²) in [5, 5.41) is 28.1. The van der Waals surface area contributed by atoms with E-state index >= 15 is 0 Å². The zero-order valence-corrected chi connectivity index (χ0v) is 16.7. The summed E-state index contributed by atoms with van der Waals surface area (Å²) in [6.07, 6.45) is 0. The van der Waals surface area contributed by atoms with E-state index in [1.54, 1.807) is 62.4 Å². The average Bonchev–Trinajstić information content (AvgIpc) is 2.60. The summed E-state index contributed by atoms with van der Waals surface area (Å²) in [7, 11) is 0. The number of hydrogen-bond donors (Lipinski definition) is 1. The van der Waals surface area contributed by atoms with Gasteiger partial charge < -0.3 is 0 Å². The molecule has 1 fully saturated rings. The van der Waals surface area contributed by atoms with Crippen LogP contribution in [0.4, 0.5) is 0 Å². The highest BCUT2D eigenvalue weighted by molar-refractivity contribution is 6.30. The van der Waals surface area contributed by atoms with Crippen molar-refractivity contribution in [3.05, 3.63) is 89.9 Å². The Morgan fingerprint density at radius 1 is 0.786 bits per heavy atom. The van der Waals surface area contributed by atoms with Crippen LogP contribution in [0, 0.1) is 25.6 Å². The summed E-state index contributed by atoms with van der Waals surface area (Å²) in [6, 6.07) is 9.59. The maximum atomic E-state index is 12.0. The molecule has 0 radical (unpaired) electrons. The number of nitro groups is 2. The summed E-state index contributed by atoms with van der Waals surface area (Å²) in [4.78, 5) is 23.1. The monoisotopic (exact) mass is 423 g/mol. The predicted molar refractivity (Wildman–Crippen MR) is 107 cm³/mol. The minimum atomic E-state index is -1.23. The van der Waals surface area contributed by atoms with Crippen LogP contribution in [0.5, 0.6) is 0 Å². The third-order valence-electron chi connectivity index (χ3n) is 5.43. The number of hydrogen-bond acceptors (Lipinski definition) is 5. The summed E-state index contributed by atoms with van der Waals surface area (Å²) in [6.45, 7) is 3.17. The highest BCUT2D eigenvalue weighted by Gasteiger charge is 2.62. The van der Waals surface area contributed by atoms with E-state index < -0.39 is 39.4 Å². The molecule has 1 N–H and O–H groups in total. The van der Waals surface area contributed by atoms with Crippen molar-refractivity contribution in [2.45, 2.75) is 38.0 Å². The van der Waals surface area contributed by atoms with Crippen LogP contribution in [0.2, 0.25) is 10.0 Å². The van der Waals surface area contributed by atoms with Gasteiger partial charge in [-0.15, -0.1) is 0 Å². The van der Waals surface area contributed by atoms with Crippen molar-refractivity contribution in [3.8, 4) is 0 Å². The summed E-state index contributed by atoms with van der Waals surface area (Å²) in [5.41, 5.74) is 0.0761. The summed E-state index contributed by atoms with van der Waals surface area (Å²) < 4.78 is 0. The molecule has 28 heavy (non-hydrogen) atoms. The molecule has 1 saturated heterocycles. The molecule has 0 aromatic heterocycles. The van der Waals surface area contributed by atoms with Gasteiger partial charge >= 0.3 is 0 Å². The van der Waals surface area contributed by atoms with Crippen molar-refractivity contribution in [3.63, 3.8) is 0 Å². The zero-order chi connectivity index (χ0) is 20.6. The van der Waals surface area contributed by atoms with E-state index in [4.69, 9.17) is 23.2 Å². The SMILES string of the molecule is CC1(C)[C@@H]([N+](=O)[O-])[C@@H](c2ccc(Cl)cc2)N[C@H](c2ccc(Cl)cc2)[C@H]1[N+](=O)[O-]. The predicted octanol–water partition coefficient (Wildman–Crippen LogP) is 4.70. The first-order valence-corrected chi connectivity index (χ1v) is 9.42. The van der Waals surface area contributed by atoms with Gasteiger partial charge in [-0.2, -0.15) is 0 Å². The molecule has 3 rings (SSSR count). The largest absolute Gasteiger partial charge is 0.291 e. The van der Waals surface area contributed by atoms with Gasteiger partial charge in [0.05, 0.1) is 0 Å². The Hall–Kier alpha value is -2.22. The first-order chi connectivity index (χ1) is 13.1. The number of rotatable bonds is 4. The Morgan fingerprint density at radius 3 is 1.39 bits per heavy atom. The Morgan fingerprint density at radius 2 is 1.11 bits per heavy atom. The van der Waals surface area contributed by atoms with Gasteiger partial charge in [0.2, 0.25) is 12.1 Å². The molecule has 0 saturated carbocycles. The number of nitrogens with zero attached hydrogens (tertiary/aromatic N) is 2. The standard InChI is InChI=1S/C19H19Cl2N3O4/c1-19(2)17(23(25)26)15(11-3-7-13(20)8-4-11)22-16(18(19)24(27)28)12-5-9-14(21)10-6-12/h3-10,15-18,22H,1-2H3/t15-,16-,17-,18+/m1/s1. The van der Waals surface area contributed by atoms with E-state index in [1.807, 2.05) is 0 Å². The van der Waals surface area contributed by atoms with Crippen molar-refractivity contribution >= 4 is 23.2 Å². The van der Waals surface area contributed by atoms with Crippen LogP contribution in [0.1, 0.15) is 37.1 Å². The van der Waals surface area contributed by atoms with E-state index in [1.165, 1.54) is 0 Å². The highest BCUT2D eigenvalue weighted by Crippen LogP contribution is 2.47. The van der Waals surface area contributed by atoms with Gasteiger partial charge in [-0.1, -0.05) is 47.5 Å². The summed E-state index contributed by atoms with van der Waals surface area (Å²) >= 11 is 11.9. The molecule has 1 heterocycles. The topological polar surface area (TPSA) is 98.3 Å². The Balaban J connectivity index is 2.14. The van der Waals surface area contributed by atoms with Crippen molar-refractivity contribution in [2.24, 2.45) is 5.41 Å². The average molecular weight is 424 g/mol. The molecule has 9 heteroatoms. The van der Waals surface area contributed by atoms with Crippen LogP contribution in [-0.4, -0.2) is 21.9 Å². The third-order valence-corrected chi connectivity index (χ3v) is 5.93. The second kappa shape index (κ2) is 7.66. The smallest absolute Gasteiger partial charge is 0.243 e. The lowest BCUT2D eigenvalue weighted by Gasteiger charge is -2.44. The van der Waals surface area contributed by atoms with Gasteiger partial charge in [0.15, 0.2) is 0 Å². The second-order valence-electron chi connectivity index (χ2n) is 7.51. The molecule has 0 unspecified atom stereocenters. The zero-order valence-electron chi connectivity index (χ0n) is 15.2. The Bertz CT molecular complexity index is 816. The maximum absolute atomic E-state index is 12.0. The third kappa shape index (κ3) is 3.70. The van der Waals surface area contributed by atoms with Gasteiger partial charge in [-0.3, -0.25) is 25.5 Å². The van der Waals surface area contributed by atoms with Gasteiger partial charge in [0, 0.05) is 19.9 Å². The number of nitrogens with one attached hydrogen (secondary N) is 1. The van der Waals surface area contributed by atoms with Crippen LogP contribution < -0.4 is 5.32 Å². The normalized spacial score (nSPS) is 26.6. The first kappa shape index (κ1) is 20.5. The molecular weight excluding hydrogens is 405 g/mol. The molecule has 1 aliphatic heterocycles. The van der Waals surface area contributed by atoms with E-state index in [9.17, 15) is 20.2 Å². The molecule has 148 valence electrons. The summed E-state index contributed by atoms with van der Waals surface area (Å²) in [5.74, 6) is 0. The Kier molecular flexibility index (Phi) is 5.61. The molecule has 0 bridgehead atoms. The fraction of sp³-hybridized carbons (Fsp3) is 0.368. The fourth-order valence-electron chi connectivity index (χ4n) is 4.09. The highest BCUT2D eigenvalue weighted by atomic mass is 35.5. The van der Waals surface area contributed by atoms with Gasteiger partial charge in [-0.05, 0) is 49.2 Å². The van der Waals surface area contributed by atoms with Crippen molar-refractivity contribution < 1.29 is 9.85 Å². The molecule has 0 amide bonds. The van der Waals surface area contributed by atoms with Crippen molar-refractivity contribution in [2.75, 3.05) is 0 Å². The molecule has 0 aliphatic carbocycles. The van der Waals surface area contributed by atoms with Gasteiger partial charge in [-0.25, -0.2) is 0 Å². The van der Waals surface area contributed by atoms with Crippen molar-refractivity contribution in [1.82, 2.24) is 5.32 Å². The molecule has 7 nitrogen and oxygen atoms in total. The van der Waals surface area contributed by atoms with Gasteiger partial charge in [0.25, 0.3) is 0 Å². The van der Waals surface area contributed by atoms with Crippen LogP contribution in [0.3, 0.4) is 0 Å². The Labute approximate surface area is 171 Å². The quantitative estimate of drug-likeness (QED) is 0.567. The number of halogens is 2. The molecular formula is C19H19Cl2N3O4. The number of piperidine rings is 1. The molecule has 4 atom stereocenters. The molecule has 0 spiro atoms. The van der Waals surface area contributed by atoms with E-state index in [-0.39, 0.29) is 0 Å². The lowest BCUT2D eigenvalue weighted by Crippen LogP contribution is -2.63. The molecule has 1 aliphatic rings. The van der Waals surface area contributed by atoms with E-state index in [0.717, 1.165) is 0 Å². The lowest BCUT2D eigenvalue weighted by atomic mass is 9.66. The van der Waals surface area contributed by atoms with Crippen LogP contribution in [-0.2, 0) is 0 Å². The van der Waals surface area contributed by atoms with Crippen LogP contribution in [0.25, 0.3) is 0 Å². The van der Waals surface area contributed by atoms with Crippen molar-refractivity contribution in [1.29, 1.82) is 0 Å². The maximum Gasteiger partial charge on any atom is 0.243 e. The fourth-order valence-corrected chi connectivity index (χ4v) is 4.35. The van der Waals surface area contributed by atoms with Crippen LogP contribution in [0.15, 0.2) is 48.5 Å². The molecule has 2 aromatic carbocycles. The second-order valence-corrected chi connectivity index (χ2v) is 8.38.